The molecule has 2 heterocycles. The molecule has 2 rings (SSSR count). The van der Waals surface area contributed by atoms with Gasteiger partial charge in [0.25, 0.3) is 5.91 Å². The van der Waals surface area contributed by atoms with Gasteiger partial charge in [-0.2, -0.15) is 0 Å². The van der Waals surface area contributed by atoms with Crippen LogP contribution in [0.3, 0.4) is 0 Å². The molecule has 2 N–H and O–H groups in total. The third-order valence-corrected chi connectivity index (χ3v) is 2.76. The molecule has 1 fully saturated rings. The Morgan fingerprint density at radius 2 is 2.31 bits per heavy atom. The highest BCUT2D eigenvalue weighted by Crippen LogP contribution is 2.07. The first-order valence-corrected chi connectivity index (χ1v) is 5.63. The van der Waals surface area contributed by atoms with Gasteiger partial charge in [0.1, 0.15) is 6.33 Å². The third kappa shape index (κ3) is 3.00. The van der Waals surface area contributed by atoms with Crippen LogP contribution in [-0.4, -0.2) is 35.0 Å². The fraction of sp³-hybridized carbons (Fsp3) is 0.545. The lowest BCUT2D eigenvalue weighted by Gasteiger charge is -2.10. The molecule has 16 heavy (non-hydrogen) atoms. The molecule has 1 atom stereocenters. The van der Waals surface area contributed by atoms with Crippen LogP contribution in [0, 0.1) is 0 Å². The zero-order valence-electron chi connectivity index (χ0n) is 9.15. The van der Waals surface area contributed by atoms with E-state index in [0.717, 1.165) is 13.0 Å². The van der Waals surface area contributed by atoms with Crippen LogP contribution in [0.4, 0.5) is 0 Å². The summed E-state index contributed by atoms with van der Waals surface area (Å²) in [6.07, 6.45) is 7.90. The summed E-state index contributed by atoms with van der Waals surface area (Å²) >= 11 is 0. The van der Waals surface area contributed by atoms with Crippen LogP contribution < -0.4 is 10.6 Å². The normalized spacial score (nSPS) is 19.6. The first kappa shape index (κ1) is 11.0. The molecule has 0 spiro atoms. The lowest BCUT2D eigenvalue weighted by molar-refractivity contribution is 0.0951. The van der Waals surface area contributed by atoms with Crippen molar-refractivity contribution in [3.63, 3.8) is 0 Å². The fourth-order valence-electron chi connectivity index (χ4n) is 1.88. The maximum atomic E-state index is 11.6. The van der Waals surface area contributed by atoms with Crippen molar-refractivity contribution in [1.82, 2.24) is 20.6 Å². The van der Waals surface area contributed by atoms with Crippen molar-refractivity contribution in [2.45, 2.75) is 25.3 Å². The van der Waals surface area contributed by atoms with Crippen LogP contribution in [-0.2, 0) is 0 Å². The summed E-state index contributed by atoms with van der Waals surface area (Å²) in [5.41, 5.74) is 0.516. The van der Waals surface area contributed by atoms with Crippen molar-refractivity contribution in [3.05, 3.63) is 24.3 Å². The van der Waals surface area contributed by atoms with Crippen molar-refractivity contribution in [1.29, 1.82) is 0 Å². The van der Waals surface area contributed by atoms with Gasteiger partial charge in [-0.05, 0) is 25.8 Å². The van der Waals surface area contributed by atoms with Crippen LogP contribution in [0.2, 0.25) is 0 Å². The molecule has 0 saturated carbocycles. The number of hydrogen-bond donors (Lipinski definition) is 2. The van der Waals surface area contributed by atoms with Gasteiger partial charge in [-0.15, -0.1) is 0 Å². The SMILES string of the molecule is O=C(NCCC1CCCN1)c1cncnc1. The molecule has 5 heteroatoms. The van der Waals surface area contributed by atoms with E-state index in [2.05, 4.69) is 20.6 Å². The Balaban J connectivity index is 1.71. The van der Waals surface area contributed by atoms with Gasteiger partial charge in [-0.3, -0.25) is 4.79 Å². The molecule has 5 nitrogen and oxygen atoms in total. The van der Waals surface area contributed by atoms with E-state index in [1.807, 2.05) is 0 Å². The Labute approximate surface area is 94.7 Å². The molecule has 0 bridgehead atoms. The highest BCUT2D eigenvalue weighted by atomic mass is 16.1. The quantitative estimate of drug-likeness (QED) is 0.768. The second-order valence-electron chi connectivity index (χ2n) is 3.97. The molecule has 1 aliphatic rings. The summed E-state index contributed by atoms with van der Waals surface area (Å²) in [5.74, 6) is -0.0985. The van der Waals surface area contributed by atoms with Crippen molar-refractivity contribution in [2.75, 3.05) is 13.1 Å². The van der Waals surface area contributed by atoms with Crippen molar-refractivity contribution < 1.29 is 4.79 Å². The minimum Gasteiger partial charge on any atom is -0.352 e. The van der Waals surface area contributed by atoms with Gasteiger partial charge in [0.15, 0.2) is 0 Å². The number of carbonyl (C=O) groups is 1. The van der Waals surface area contributed by atoms with E-state index in [4.69, 9.17) is 0 Å². The minimum absolute atomic E-state index is 0.0985. The number of amides is 1. The molecule has 1 unspecified atom stereocenters. The Bertz CT molecular complexity index is 335. The summed E-state index contributed by atoms with van der Waals surface area (Å²) in [7, 11) is 0. The standard InChI is InChI=1S/C11H16N4O/c16-11(9-6-12-8-13-7-9)15-5-3-10-2-1-4-14-10/h6-8,10,14H,1-5H2,(H,15,16). The highest BCUT2D eigenvalue weighted by molar-refractivity contribution is 5.93. The van der Waals surface area contributed by atoms with E-state index >= 15 is 0 Å². The average Bonchev–Trinajstić information content (AvgIpc) is 2.83. The molecular formula is C11H16N4O. The van der Waals surface area contributed by atoms with Gasteiger partial charge in [0, 0.05) is 25.0 Å². The molecule has 86 valence electrons. The first-order valence-electron chi connectivity index (χ1n) is 5.63. The smallest absolute Gasteiger partial charge is 0.254 e. The fourth-order valence-corrected chi connectivity index (χ4v) is 1.88. The molecule has 0 aromatic carbocycles. The maximum absolute atomic E-state index is 11.6. The predicted molar refractivity (Wildman–Crippen MR) is 60.0 cm³/mol. The van der Waals surface area contributed by atoms with Crippen LogP contribution in [0.1, 0.15) is 29.6 Å². The number of nitrogens with zero attached hydrogens (tertiary/aromatic N) is 2. The van der Waals surface area contributed by atoms with Gasteiger partial charge in [0.05, 0.1) is 5.56 Å². The number of rotatable bonds is 4. The van der Waals surface area contributed by atoms with E-state index in [1.54, 1.807) is 0 Å². The van der Waals surface area contributed by atoms with E-state index in [-0.39, 0.29) is 5.91 Å². The lowest BCUT2D eigenvalue weighted by Crippen LogP contribution is -2.30. The molecule has 0 aliphatic carbocycles. The molecule has 1 saturated heterocycles. The summed E-state index contributed by atoms with van der Waals surface area (Å²) in [4.78, 5) is 19.2. The van der Waals surface area contributed by atoms with E-state index in [9.17, 15) is 4.79 Å². The molecule has 1 amide bonds. The van der Waals surface area contributed by atoms with E-state index < -0.39 is 0 Å². The van der Waals surface area contributed by atoms with Crippen molar-refractivity contribution >= 4 is 5.91 Å². The summed E-state index contributed by atoms with van der Waals surface area (Å²) in [6, 6.07) is 0.562. The Hall–Kier alpha value is -1.49. The van der Waals surface area contributed by atoms with Crippen LogP contribution in [0.25, 0.3) is 0 Å². The molecule has 1 aliphatic heterocycles. The average molecular weight is 220 g/mol. The minimum atomic E-state index is -0.0985. The van der Waals surface area contributed by atoms with E-state index in [1.165, 1.54) is 31.6 Å². The zero-order valence-corrected chi connectivity index (χ0v) is 9.15. The Kier molecular flexibility index (Phi) is 3.82. The van der Waals surface area contributed by atoms with Gasteiger partial charge >= 0.3 is 0 Å². The number of nitrogens with one attached hydrogen (secondary N) is 2. The Morgan fingerprint density at radius 1 is 1.50 bits per heavy atom. The van der Waals surface area contributed by atoms with Gasteiger partial charge in [-0.1, -0.05) is 0 Å². The van der Waals surface area contributed by atoms with Crippen molar-refractivity contribution in [2.24, 2.45) is 0 Å². The topological polar surface area (TPSA) is 66.9 Å². The maximum Gasteiger partial charge on any atom is 0.254 e. The number of carbonyl (C=O) groups excluding carboxylic acids is 1. The molecule has 0 radical (unpaired) electrons. The van der Waals surface area contributed by atoms with Crippen LogP contribution in [0.15, 0.2) is 18.7 Å². The second-order valence-corrected chi connectivity index (χ2v) is 3.97. The third-order valence-electron chi connectivity index (χ3n) is 2.76. The predicted octanol–water partition coefficient (Wildman–Crippen LogP) is 0.348. The monoisotopic (exact) mass is 220 g/mol. The summed E-state index contributed by atoms with van der Waals surface area (Å²) < 4.78 is 0. The lowest BCUT2D eigenvalue weighted by atomic mass is 10.1. The molecular weight excluding hydrogens is 204 g/mol. The molecule has 1 aromatic heterocycles. The number of hydrogen-bond acceptors (Lipinski definition) is 4. The Morgan fingerprint density at radius 3 is 3.00 bits per heavy atom. The second kappa shape index (κ2) is 5.55. The first-order chi connectivity index (χ1) is 7.86. The van der Waals surface area contributed by atoms with Crippen LogP contribution in [0.5, 0.6) is 0 Å². The largest absolute Gasteiger partial charge is 0.352 e. The van der Waals surface area contributed by atoms with Gasteiger partial charge in [0.2, 0.25) is 0 Å². The highest BCUT2D eigenvalue weighted by Gasteiger charge is 2.13. The van der Waals surface area contributed by atoms with Gasteiger partial charge < -0.3 is 10.6 Å². The zero-order chi connectivity index (χ0) is 11.2. The number of aromatic nitrogens is 2. The van der Waals surface area contributed by atoms with Gasteiger partial charge in [-0.25, -0.2) is 9.97 Å². The summed E-state index contributed by atoms with van der Waals surface area (Å²) in [6.45, 7) is 1.80. The van der Waals surface area contributed by atoms with Crippen LogP contribution >= 0.6 is 0 Å². The summed E-state index contributed by atoms with van der Waals surface area (Å²) in [5, 5.41) is 6.26. The van der Waals surface area contributed by atoms with E-state index in [0.29, 0.717) is 18.2 Å². The van der Waals surface area contributed by atoms with Crippen molar-refractivity contribution in [3.8, 4) is 0 Å². The molecule has 1 aromatic rings.